The summed E-state index contributed by atoms with van der Waals surface area (Å²) in [6.07, 6.45) is 3.71. The SMILES string of the molecule is Cc1[nH]ncc1-c1cc2cc[nH]c2cc1Cl. The van der Waals surface area contributed by atoms with Crippen molar-refractivity contribution in [1.29, 1.82) is 0 Å². The minimum absolute atomic E-state index is 0.736. The first-order valence-corrected chi connectivity index (χ1v) is 5.40. The summed E-state index contributed by atoms with van der Waals surface area (Å²) in [7, 11) is 0. The van der Waals surface area contributed by atoms with Crippen LogP contribution in [0.5, 0.6) is 0 Å². The number of aryl methyl sites for hydroxylation is 1. The van der Waals surface area contributed by atoms with Crippen LogP contribution in [0.3, 0.4) is 0 Å². The monoisotopic (exact) mass is 231 g/mol. The fourth-order valence-electron chi connectivity index (χ4n) is 1.90. The smallest absolute Gasteiger partial charge is 0.0569 e. The molecule has 4 heteroatoms. The van der Waals surface area contributed by atoms with Gasteiger partial charge < -0.3 is 4.98 Å². The number of benzene rings is 1. The van der Waals surface area contributed by atoms with E-state index in [9.17, 15) is 0 Å². The zero-order valence-electron chi connectivity index (χ0n) is 8.71. The Morgan fingerprint density at radius 2 is 2.12 bits per heavy atom. The second-order valence-corrected chi connectivity index (χ2v) is 4.21. The van der Waals surface area contributed by atoms with E-state index in [-0.39, 0.29) is 0 Å². The molecule has 2 heterocycles. The van der Waals surface area contributed by atoms with Crippen LogP contribution in [0.25, 0.3) is 22.0 Å². The maximum Gasteiger partial charge on any atom is 0.0569 e. The van der Waals surface area contributed by atoms with Gasteiger partial charge in [-0.2, -0.15) is 5.10 Å². The molecular formula is C12H10ClN3. The number of H-pyrrole nitrogens is 2. The van der Waals surface area contributed by atoms with Gasteiger partial charge in [-0.3, -0.25) is 5.10 Å². The van der Waals surface area contributed by atoms with Crippen molar-refractivity contribution in [3.8, 4) is 11.1 Å². The maximum atomic E-state index is 6.26. The quantitative estimate of drug-likeness (QED) is 0.661. The van der Waals surface area contributed by atoms with Crippen LogP contribution in [-0.4, -0.2) is 15.2 Å². The van der Waals surface area contributed by atoms with Gasteiger partial charge in [0.25, 0.3) is 0 Å². The van der Waals surface area contributed by atoms with E-state index in [1.165, 1.54) is 0 Å². The number of nitrogens with zero attached hydrogens (tertiary/aromatic N) is 1. The van der Waals surface area contributed by atoms with E-state index in [4.69, 9.17) is 11.6 Å². The van der Waals surface area contributed by atoms with Crippen molar-refractivity contribution in [3.63, 3.8) is 0 Å². The van der Waals surface area contributed by atoms with Crippen LogP contribution in [0.2, 0.25) is 5.02 Å². The largest absolute Gasteiger partial charge is 0.361 e. The molecule has 0 amide bonds. The van der Waals surface area contributed by atoms with Crippen LogP contribution in [0.15, 0.2) is 30.6 Å². The van der Waals surface area contributed by atoms with Gasteiger partial charge in [0, 0.05) is 33.9 Å². The molecule has 0 saturated heterocycles. The molecule has 0 atom stereocenters. The van der Waals surface area contributed by atoms with E-state index in [0.29, 0.717) is 0 Å². The molecular weight excluding hydrogens is 222 g/mol. The molecule has 3 rings (SSSR count). The first kappa shape index (κ1) is 9.48. The molecule has 0 aliphatic heterocycles. The van der Waals surface area contributed by atoms with Crippen LogP contribution in [0.1, 0.15) is 5.69 Å². The second kappa shape index (κ2) is 3.39. The van der Waals surface area contributed by atoms with Gasteiger partial charge in [-0.1, -0.05) is 11.6 Å². The molecule has 0 aliphatic rings. The molecule has 2 aromatic heterocycles. The molecule has 3 nitrogen and oxygen atoms in total. The lowest BCUT2D eigenvalue weighted by Gasteiger charge is -2.03. The summed E-state index contributed by atoms with van der Waals surface area (Å²) in [4.78, 5) is 3.14. The highest BCUT2D eigenvalue weighted by Crippen LogP contribution is 2.32. The van der Waals surface area contributed by atoms with Gasteiger partial charge >= 0.3 is 0 Å². The molecule has 0 saturated carbocycles. The van der Waals surface area contributed by atoms with Crippen molar-refractivity contribution in [2.45, 2.75) is 6.92 Å². The zero-order valence-corrected chi connectivity index (χ0v) is 9.47. The fourth-order valence-corrected chi connectivity index (χ4v) is 2.17. The van der Waals surface area contributed by atoms with Crippen molar-refractivity contribution in [1.82, 2.24) is 15.2 Å². The molecule has 0 fully saturated rings. The fraction of sp³-hybridized carbons (Fsp3) is 0.0833. The standard InChI is InChI=1S/C12H10ClN3/c1-7-10(6-15-16-7)9-4-8-2-3-14-12(8)5-11(9)13/h2-6,14H,1H3,(H,15,16). The van der Waals surface area contributed by atoms with Crippen molar-refractivity contribution in [3.05, 3.63) is 41.3 Å². The van der Waals surface area contributed by atoms with Gasteiger partial charge in [-0.25, -0.2) is 0 Å². The van der Waals surface area contributed by atoms with E-state index in [2.05, 4.69) is 21.2 Å². The number of hydrogen-bond acceptors (Lipinski definition) is 1. The van der Waals surface area contributed by atoms with Crippen LogP contribution in [-0.2, 0) is 0 Å². The van der Waals surface area contributed by atoms with Gasteiger partial charge in [0.15, 0.2) is 0 Å². The maximum absolute atomic E-state index is 6.26. The molecule has 16 heavy (non-hydrogen) atoms. The summed E-state index contributed by atoms with van der Waals surface area (Å²) in [6, 6.07) is 6.05. The van der Waals surface area contributed by atoms with E-state index in [1.807, 2.05) is 25.3 Å². The third kappa shape index (κ3) is 1.32. The van der Waals surface area contributed by atoms with E-state index >= 15 is 0 Å². The average Bonchev–Trinajstić information content (AvgIpc) is 2.85. The Hall–Kier alpha value is -1.74. The van der Waals surface area contributed by atoms with E-state index < -0.39 is 0 Å². The average molecular weight is 232 g/mol. The molecule has 80 valence electrons. The van der Waals surface area contributed by atoms with Crippen LogP contribution in [0, 0.1) is 6.92 Å². The Labute approximate surface area is 97.4 Å². The minimum Gasteiger partial charge on any atom is -0.361 e. The molecule has 0 bridgehead atoms. The third-order valence-electron chi connectivity index (χ3n) is 2.76. The van der Waals surface area contributed by atoms with Gasteiger partial charge in [-0.15, -0.1) is 0 Å². The highest BCUT2D eigenvalue weighted by Gasteiger charge is 2.09. The normalized spacial score (nSPS) is 11.1. The van der Waals surface area contributed by atoms with Crippen LogP contribution >= 0.6 is 11.6 Å². The molecule has 3 aromatic rings. The highest BCUT2D eigenvalue weighted by atomic mass is 35.5. The van der Waals surface area contributed by atoms with Gasteiger partial charge in [0.2, 0.25) is 0 Å². The van der Waals surface area contributed by atoms with Crippen molar-refractivity contribution >= 4 is 22.5 Å². The van der Waals surface area contributed by atoms with Crippen LogP contribution in [0.4, 0.5) is 0 Å². The Kier molecular flexibility index (Phi) is 2.01. The third-order valence-corrected chi connectivity index (χ3v) is 3.07. The number of halogens is 1. The topological polar surface area (TPSA) is 44.5 Å². The predicted molar refractivity (Wildman–Crippen MR) is 65.6 cm³/mol. The molecule has 0 aliphatic carbocycles. The van der Waals surface area contributed by atoms with Gasteiger partial charge in [0.05, 0.1) is 11.2 Å². The van der Waals surface area contributed by atoms with Crippen LogP contribution < -0.4 is 0 Å². The number of aromatic amines is 2. The number of nitrogens with one attached hydrogen (secondary N) is 2. The first-order chi connectivity index (χ1) is 7.75. The number of hydrogen-bond donors (Lipinski definition) is 2. The highest BCUT2D eigenvalue weighted by molar-refractivity contribution is 6.34. The summed E-state index contributed by atoms with van der Waals surface area (Å²) in [6.45, 7) is 1.99. The number of rotatable bonds is 1. The van der Waals surface area contributed by atoms with Crippen molar-refractivity contribution in [2.75, 3.05) is 0 Å². The summed E-state index contributed by atoms with van der Waals surface area (Å²) in [5.41, 5.74) is 4.14. The summed E-state index contributed by atoms with van der Waals surface area (Å²) in [5, 5.41) is 8.82. The molecule has 0 unspecified atom stereocenters. The minimum atomic E-state index is 0.736. The molecule has 0 radical (unpaired) electrons. The predicted octanol–water partition coefficient (Wildman–Crippen LogP) is 3.52. The van der Waals surface area contributed by atoms with Gasteiger partial charge in [-0.05, 0) is 25.1 Å². The Balaban J connectivity index is 2.30. The summed E-state index contributed by atoms with van der Waals surface area (Å²) in [5.74, 6) is 0. The Bertz CT molecular complexity index is 651. The van der Waals surface area contributed by atoms with Gasteiger partial charge in [0.1, 0.15) is 0 Å². The van der Waals surface area contributed by atoms with Crippen molar-refractivity contribution < 1.29 is 0 Å². The zero-order chi connectivity index (χ0) is 11.1. The Morgan fingerprint density at radius 3 is 2.88 bits per heavy atom. The lowest BCUT2D eigenvalue weighted by atomic mass is 10.1. The van der Waals surface area contributed by atoms with E-state index in [1.54, 1.807) is 6.20 Å². The second-order valence-electron chi connectivity index (χ2n) is 3.81. The molecule has 1 aromatic carbocycles. The summed E-state index contributed by atoms with van der Waals surface area (Å²) >= 11 is 6.26. The molecule has 2 N–H and O–H groups in total. The lowest BCUT2D eigenvalue weighted by molar-refractivity contribution is 1.05. The van der Waals surface area contributed by atoms with E-state index in [0.717, 1.165) is 32.7 Å². The number of aromatic nitrogens is 3. The number of fused-ring (bicyclic) bond motifs is 1. The molecule has 0 spiro atoms. The first-order valence-electron chi connectivity index (χ1n) is 5.02. The Morgan fingerprint density at radius 1 is 1.25 bits per heavy atom. The van der Waals surface area contributed by atoms with Crippen molar-refractivity contribution in [2.24, 2.45) is 0 Å². The lowest BCUT2D eigenvalue weighted by Crippen LogP contribution is -1.81. The summed E-state index contributed by atoms with van der Waals surface area (Å²) < 4.78 is 0.